The van der Waals surface area contributed by atoms with Crippen molar-refractivity contribution in [3.8, 4) is 0 Å². The van der Waals surface area contributed by atoms with Crippen molar-refractivity contribution >= 4 is 30.7 Å². The molecule has 35 heavy (non-hydrogen) atoms. The normalized spacial score (nSPS) is 20.7. The molecule has 0 spiro atoms. The molecular weight excluding hydrogens is 468 g/mol. The molecule has 0 bridgehead atoms. The first-order valence-corrected chi connectivity index (χ1v) is 11.0. The summed E-state index contributed by atoms with van der Waals surface area (Å²) in [4.78, 5) is 32.4. The predicted octanol–water partition coefficient (Wildman–Crippen LogP) is 3.19. The molecule has 1 saturated carbocycles. The second-order valence-corrected chi connectivity index (χ2v) is 8.30. The fourth-order valence-corrected chi connectivity index (χ4v) is 4.05. The van der Waals surface area contributed by atoms with Crippen LogP contribution in [0.4, 0.5) is 29.3 Å². The SMILES string of the molecule is C=NN(C=NC)c1ncc(C(=O)N(C2CC2)[C@@H]2CCN(c3ccc(C(F)(F)F)cn3)C[C@@H]2F)cn1. The van der Waals surface area contributed by atoms with Crippen molar-refractivity contribution in [3.63, 3.8) is 0 Å². The number of amides is 1. The van der Waals surface area contributed by atoms with Gasteiger partial charge in [0, 0.05) is 44.9 Å². The molecule has 3 heterocycles. The van der Waals surface area contributed by atoms with E-state index in [2.05, 4.69) is 31.8 Å². The van der Waals surface area contributed by atoms with E-state index in [1.165, 1.54) is 29.8 Å². The van der Waals surface area contributed by atoms with E-state index in [0.29, 0.717) is 13.0 Å². The second kappa shape index (κ2) is 9.92. The predicted molar refractivity (Wildman–Crippen MR) is 122 cm³/mol. The Bertz CT molecular complexity index is 1070. The number of aromatic nitrogens is 3. The first-order valence-electron chi connectivity index (χ1n) is 11.0. The average Bonchev–Trinajstić information content (AvgIpc) is 3.68. The number of nitrogens with zero attached hydrogens (tertiary/aromatic N) is 8. The van der Waals surface area contributed by atoms with Crippen LogP contribution in [0.25, 0.3) is 0 Å². The summed E-state index contributed by atoms with van der Waals surface area (Å²) in [7, 11) is 1.55. The molecule has 0 aromatic carbocycles. The van der Waals surface area contributed by atoms with Gasteiger partial charge in [-0.3, -0.25) is 9.79 Å². The molecule has 0 N–H and O–H groups in total. The quantitative estimate of drug-likeness (QED) is 0.255. The number of pyridine rings is 1. The molecule has 9 nitrogen and oxygen atoms in total. The number of aliphatic imine (C=N–C) groups is 1. The Morgan fingerprint density at radius 2 is 1.89 bits per heavy atom. The fourth-order valence-electron chi connectivity index (χ4n) is 4.05. The summed E-state index contributed by atoms with van der Waals surface area (Å²) >= 11 is 0. The topological polar surface area (TPSA) is 90.2 Å². The molecule has 1 amide bonds. The van der Waals surface area contributed by atoms with Gasteiger partial charge in [0.1, 0.15) is 18.3 Å². The van der Waals surface area contributed by atoms with Crippen molar-refractivity contribution in [1.29, 1.82) is 0 Å². The highest BCUT2D eigenvalue weighted by Crippen LogP contribution is 2.35. The van der Waals surface area contributed by atoms with Crippen LogP contribution in [0.2, 0.25) is 0 Å². The summed E-state index contributed by atoms with van der Waals surface area (Å²) in [6.07, 6.45) is 0.801. The summed E-state index contributed by atoms with van der Waals surface area (Å²) < 4.78 is 53.8. The lowest BCUT2D eigenvalue weighted by Crippen LogP contribution is -2.55. The van der Waals surface area contributed by atoms with Gasteiger partial charge in [0.05, 0.1) is 23.7 Å². The van der Waals surface area contributed by atoms with Gasteiger partial charge in [-0.05, 0) is 31.4 Å². The molecule has 13 heteroatoms. The third-order valence-corrected chi connectivity index (χ3v) is 5.91. The molecule has 2 aromatic heterocycles. The van der Waals surface area contributed by atoms with Gasteiger partial charge < -0.3 is 9.80 Å². The largest absolute Gasteiger partial charge is 0.417 e. The van der Waals surface area contributed by atoms with Crippen molar-refractivity contribution in [2.45, 2.75) is 43.7 Å². The lowest BCUT2D eigenvalue weighted by Gasteiger charge is -2.41. The summed E-state index contributed by atoms with van der Waals surface area (Å²) in [5.41, 5.74) is -0.641. The third kappa shape index (κ3) is 5.38. The van der Waals surface area contributed by atoms with Crippen LogP contribution in [0.3, 0.4) is 0 Å². The molecule has 4 rings (SSSR count). The second-order valence-electron chi connectivity index (χ2n) is 8.30. The van der Waals surface area contributed by atoms with E-state index in [-0.39, 0.29) is 35.8 Å². The van der Waals surface area contributed by atoms with E-state index in [9.17, 15) is 18.0 Å². The number of hydrogen-bond donors (Lipinski definition) is 0. The summed E-state index contributed by atoms with van der Waals surface area (Å²) in [6.45, 7) is 3.69. The Morgan fingerprint density at radius 1 is 1.17 bits per heavy atom. The van der Waals surface area contributed by atoms with Gasteiger partial charge in [0.2, 0.25) is 0 Å². The van der Waals surface area contributed by atoms with Crippen molar-refractivity contribution in [2.75, 3.05) is 30.0 Å². The molecule has 2 atom stereocenters. The maximum absolute atomic E-state index is 15.4. The van der Waals surface area contributed by atoms with Crippen LogP contribution in [0, 0.1) is 0 Å². The lowest BCUT2D eigenvalue weighted by atomic mass is 10.00. The van der Waals surface area contributed by atoms with Crippen LogP contribution in [0.5, 0.6) is 0 Å². The molecule has 2 aliphatic rings. The van der Waals surface area contributed by atoms with Gasteiger partial charge >= 0.3 is 6.18 Å². The minimum Gasteiger partial charge on any atom is -0.354 e. The Hall–Kier alpha value is -3.64. The Kier molecular flexibility index (Phi) is 6.94. The number of piperidine rings is 1. The Balaban J connectivity index is 1.46. The molecule has 186 valence electrons. The number of carbonyl (C=O) groups is 1. The number of hydrogen-bond acceptors (Lipinski definition) is 7. The summed E-state index contributed by atoms with van der Waals surface area (Å²) in [6, 6.07) is 1.43. The van der Waals surface area contributed by atoms with Crippen LogP contribution in [0.15, 0.2) is 40.8 Å². The molecule has 1 aliphatic carbocycles. The van der Waals surface area contributed by atoms with Gasteiger partial charge in [-0.2, -0.15) is 23.3 Å². The summed E-state index contributed by atoms with van der Waals surface area (Å²) in [5, 5.41) is 4.97. The van der Waals surface area contributed by atoms with E-state index in [4.69, 9.17) is 0 Å². The van der Waals surface area contributed by atoms with Crippen LogP contribution < -0.4 is 9.91 Å². The number of halogens is 4. The van der Waals surface area contributed by atoms with Crippen molar-refractivity contribution in [1.82, 2.24) is 19.9 Å². The van der Waals surface area contributed by atoms with Gasteiger partial charge in [0.15, 0.2) is 0 Å². The Morgan fingerprint density at radius 3 is 2.40 bits per heavy atom. The molecule has 1 saturated heterocycles. The van der Waals surface area contributed by atoms with Crippen LogP contribution >= 0.6 is 0 Å². The van der Waals surface area contributed by atoms with E-state index < -0.39 is 24.0 Å². The number of rotatable bonds is 7. The van der Waals surface area contributed by atoms with Crippen molar-refractivity contribution in [2.24, 2.45) is 10.1 Å². The minimum absolute atomic E-state index is 0.0697. The zero-order valence-corrected chi connectivity index (χ0v) is 18.9. The average molecular weight is 492 g/mol. The fraction of sp³-hybridized carbons (Fsp3) is 0.455. The minimum atomic E-state index is -4.49. The highest BCUT2D eigenvalue weighted by molar-refractivity contribution is 5.94. The lowest BCUT2D eigenvalue weighted by molar-refractivity contribution is -0.137. The highest BCUT2D eigenvalue weighted by Gasteiger charge is 2.43. The monoisotopic (exact) mass is 492 g/mol. The first kappa shape index (κ1) is 24.5. The summed E-state index contributed by atoms with van der Waals surface area (Å²) in [5.74, 6) is 0.0827. The third-order valence-electron chi connectivity index (χ3n) is 5.91. The standard InChI is InChI=1S/C22H24F4N8O/c1-27-13-33(28-2)21-30-9-14(10-31-21)20(35)34(16-4-5-16)18-7-8-32(12-17(18)23)19-6-3-15(11-29-19)22(24,25)26/h3,6,9-11,13,16-18H,2,4-5,7-8,12H2,1H3/t17-,18+/m0/s1. The zero-order chi connectivity index (χ0) is 25.2. The maximum Gasteiger partial charge on any atom is 0.417 e. The van der Waals surface area contributed by atoms with E-state index in [1.807, 2.05) is 0 Å². The molecule has 0 radical (unpaired) electrons. The Labute approximate surface area is 199 Å². The van der Waals surface area contributed by atoms with Gasteiger partial charge in [-0.25, -0.2) is 19.3 Å². The first-order chi connectivity index (χ1) is 16.7. The van der Waals surface area contributed by atoms with Crippen LogP contribution in [0.1, 0.15) is 35.2 Å². The van der Waals surface area contributed by atoms with E-state index >= 15 is 4.39 Å². The molecule has 1 aliphatic heterocycles. The van der Waals surface area contributed by atoms with Crippen molar-refractivity contribution < 1.29 is 22.4 Å². The number of alkyl halides is 4. The van der Waals surface area contributed by atoms with Crippen LogP contribution in [-0.4, -0.2) is 77.2 Å². The van der Waals surface area contributed by atoms with E-state index in [0.717, 1.165) is 25.1 Å². The molecular formula is C22H24F4N8O. The molecule has 2 aromatic rings. The molecule has 0 unspecified atom stereocenters. The maximum atomic E-state index is 15.4. The van der Waals surface area contributed by atoms with Gasteiger partial charge in [-0.1, -0.05) is 0 Å². The number of anilines is 2. The highest BCUT2D eigenvalue weighted by atomic mass is 19.4. The number of hydrazone groups is 1. The van der Waals surface area contributed by atoms with Crippen molar-refractivity contribution in [3.05, 3.63) is 41.9 Å². The van der Waals surface area contributed by atoms with E-state index in [1.54, 1.807) is 16.8 Å². The molecule has 2 fully saturated rings. The number of carbonyl (C=O) groups excluding carboxylic acids is 1. The smallest absolute Gasteiger partial charge is 0.354 e. The zero-order valence-electron chi connectivity index (χ0n) is 18.9. The van der Waals surface area contributed by atoms with Crippen LogP contribution in [-0.2, 0) is 6.18 Å². The van der Waals surface area contributed by atoms with Gasteiger partial charge in [-0.15, -0.1) is 0 Å². The van der Waals surface area contributed by atoms with Gasteiger partial charge in [0.25, 0.3) is 11.9 Å².